The molecule has 1 amide bonds. The number of anilines is 1. The summed E-state index contributed by atoms with van der Waals surface area (Å²) >= 11 is 1.36. The van der Waals surface area contributed by atoms with E-state index in [4.69, 9.17) is 4.74 Å². The van der Waals surface area contributed by atoms with Crippen molar-refractivity contribution in [2.45, 2.75) is 45.6 Å². The second-order valence-corrected chi connectivity index (χ2v) is 10.1. The third kappa shape index (κ3) is 6.31. The molecule has 1 fully saturated rings. The van der Waals surface area contributed by atoms with Crippen LogP contribution in [-0.2, 0) is 4.74 Å². The van der Waals surface area contributed by atoms with E-state index in [0.717, 1.165) is 19.4 Å². The van der Waals surface area contributed by atoms with Gasteiger partial charge in [-0.15, -0.1) is 18.3 Å². The van der Waals surface area contributed by atoms with Crippen LogP contribution >= 0.6 is 11.3 Å². The van der Waals surface area contributed by atoms with Gasteiger partial charge in [-0.25, -0.2) is 14.3 Å². The van der Waals surface area contributed by atoms with E-state index in [1.165, 1.54) is 29.5 Å². The van der Waals surface area contributed by atoms with Crippen LogP contribution in [0, 0.1) is 5.92 Å². The Bertz CT molecular complexity index is 1120. The summed E-state index contributed by atoms with van der Waals surface area (Å²) in [4.78, 5) is 19.0. The molecule has 1 saturated heterocycles. The minimum absolute atomic E-state index is 0.272. The van der Waals surface area contributed by atoms with E-state index in [2.05, 4.69) is 20.1 Å². The maximum absolute atomic E-state index is 12.5. The molecule has 2 aromatic heterocycles. The standard InChI is InChI=1S/C22H26F3N5O3S/c1-21(2,3)33-20(31)29-9-7-14(8-10-29)12-26-18-28-30-13-17(27-19(30)34-18)15-5-4-6-16(11-15)32-22(23,24)25/h4-6,11,13-14H,7-10,12H2,1-3H3,(H,26,28). The fourth-order valence-electron chi connectivity index (χ4n) is 3.64. The number of hydrogen-bond donors (Lipinski definition) is 1. The molecule has 3 heterocycles. The summed E-state index contributed by atoms with van der Waals surface area (Å²) in [6.07, 6.45) is -1.61. The van der Waals surface area contributed by atoms with Crippen LogP contribution in [0.5, 0.6) is 5.75 Å². The normalized spacial score (nSPS) is 15.5. The Labute approximate surface area is 198 Å². The highest BCUT2D eigenvalue weighted by atomic mass is 32.1. The summed E-state index contributed by atoms with van der Waals surface area (Å²) in [6.45, 7) is 7.60. The number of nitrogens with zero attached hydrogens (tertiary/aromatic N) is 4. The molecule has 3 aromatic rings. The van der Waals surface area contributed by atoms with E-state index >= 15 is 0 Å². The molecule has 12 heteroatoms. The van der Waals surface area contributed by atoms with Crippen LogP contribution in [0.3, 0.4) is 0 Å². The van der Waals surface area contributed by atoms with E-state index in [9.17, 15) is 18.0 Å². The molecule has 4 rings (SSSR count). The smallest absolute Gasteiger partial charge is 0.444 e. The van der Waals surface area contributed by atoms with Crippen LogP contribution in [0.15, 0.2) is 30.5 Å². The number of carbonyl (C=O) groups is 1. The number of piperidine rings is 1. The Morgan fingerprint density at radius 3 is 2.62 bits per heavy atom. The van der Waals surface area contributed by atoms with Crippen molar-refractivity contribution in [3.8, 4) is 17.0 Å². The van der Waals surface area contributed by atoms with Gasteiger partial charge >= 0.3 is 12.5 Å². The summed E-state index contributed by atoms with van der Waals surface area (Å²) in [6, 6.07) is 5.69. The molecule has 184 valence electrons. The number of likely N-dealkylation sites (tertiary alicyclic amines) is 1. The van der Waals surface area contributed by atoms with Crippen molar-refractivity contribution in [3.63, 3.8) is 0 Å². The lowest BCUT2D eigenvalue weighted by atomic mass is 9.97. The summed E-state index contributed by atoms with van der Waals surface area (Å²) < 4.78 is 48.5. The van der Waals surface area contributed by atoms with Crippen LogP contribution in [0.4, 0.5) is 23.1 Å². The second-order valence-electron chi connectivity index (χ2n) is 9.13. The quantitative estimate of drug-likeness (QED) is 0.507. The molecule has 34 heavy (non-hydrogen) atoms. The Morgan fingerprint density at radius 2 is 1.97 bits per heavy atom. The topological polar surface area (TPSA) is 81.0 Å². The number of halogens is 3. The Kier molecular flexibility index (Phi) is 6.61. The van der Waals surface area contributed by atoms with Crippen molar-refractivity contribution < 1.29 is 27.4 Å². The zero-order chi connectivity index (χ0) is 24.5. The van der Waals surface area contributed by atoms with Gasteiger partial charge in [0.1, 0.15) is 11.4 Å². The fraction of sp³-hybridized carbons (Fsp3) is 0.500. The number of hydrogen-bond acceptors (Lipinski definition) is 7. The number of fused-ring (bicyclic) bond motifs is 1. The van der Waals surface area contributed by atoms with Gasteiger partial charge in [-0.2, -0.15) is 0 Å². The van der Waals surface area contributed by atoms with E-state index < -0.39 is 12.0 Å². The van der Waals surface area contributed by atoms with Crippen LogP contribution < -0.4 is 10.1 Å². The molecule has 0 atom stereocenters. The van der Waals surface area contributed by atoms with Gasteiger partial charge in [0.2, 0.25) is 10.1 Å². The van der Waals surface area contributed by atoms with Crippen molar-refractivity contribution in [3.05, 3.63) is 30.5 Å². The molecule has 0 spiro atoms. The number of aromatic nitrogens is 3. The van der Waals surface area contributed by atoms with E-state index in [1.807, 2.05) is 20.8 Å². The number of ether oxygens (including phenoxy) is 2. The van der Waals surface area contributed by atoms with Crippen molar-refractivity contribution >= 4 is 27.5 Å². The van der Waals surface area contributed by atoms with Crippen molar-refractivity contribution in [2.24, 2.45) is 5.92 Å². The summed E-state index contributed by atoms with van der Waals surface area (Å²) in [5.41, 5.74) is 0.510. The molecule has 0 bridgehead atoms. The number of imidazole rings is 1. The number of rotatable bonds is 5. The molecule has 0 unspecified atom stereocenters. The number of alkyl halides is 3. The molecular weight excluding hydrogens is 471 g/mol. The summed E-state index contributed by atoms with van der Waals surface area (Å²) in [5.74, 6) is 0.108. The molecule has 0 saturated carbocycles. The first-order chi connectivity index (χ1) is 15.9. The van der Waals surface area contributed by atoms with Gasteiger partial charge in [0, 0.05) is 25.2 Å². The SMILES string of the molecule is CC(C)(C)OC(=O)N1CCC(CNc2nn3cc(-c4cccc(OC(F)(F)F)c4)nc3s2)CC1. The van der Waals surface area contributed by atoms with Crippen LogP contribution in [0.2, 0.25) is 0 Å². The molecule has 0 aliphatic carbocycles. The monoisotopic (exact) mass is 497 g/mol. The third-order valence-electron chi connectivity index (χ3n) is 5.21. The van der Waals surface area contributed by atoms with Gasteiger partial charge in [0.05, 0.1) is 11.9 Å². The molecule has 1 aliphatic rings. The fourth-order valence-corrected chi connectivity index (χ4v) is 4.43. The zero-order valence-corrected chi connectivity index (χ0v) is 19.9. The lowest BCUT2D eigenvalue weighted by Gasteiger charge is -2.33. The van der Waals surface area contributed by atoms with Gasteiger partial charge in [-0.3, -0.25) is 0 Å². The van der Waals surface area contributed by atoms with Crippen molar-refractivity contribution in [2.75, 3.05) is 25.0 Å². The van der Waals surface area contributed by atoms with Gasteiger partial charge in [-0.1, -0.05) is 23.5 Å². The highest BCUT2D eigenvalue weighted by Gasteiger charge is 2.31. The maximum Gasteiger partial charge on any atom is 0.573 e. The number of amides is 1. The Balaban J connectivity index is 1.31. The Hall–Kier alpha value is -3.02. The third-order valence-corrected chi connectivity index (χ3v) is 6.09. The maximum atomic E-state index is 12.5. The second kappa shape index (κ2) is 9.32. The minimum Gasteiger partial charge on any atom is -0.444 e. The summed E-state index contributed by atoms with van der Waals surface area (Å²) in [5, 5.41) is 8.51. The lowest BCUT2D eigenvalue weighted by molar-refractivity contribution is -0.274. The minimum atomic E-state index is -4.75. The number of benzene rings is 1. The zero-order valence-electron chi connectivity index (χ0n) is 19.1. The lowest BCUT2D eigenvalue weighted by Crippen LogP contribution is -2.42. The predicted octanol–water partition coefficient (Wildman–Crippen LogP) is 5.42. The van der Waals surface area contributed by atoms with Crippen molar-refractivity contribution in [1.29, 1.82) is 0 Å². The molecular formula is C22H26F3N5O3S. The largest absolute Gasteiger partial charge is 0.573 e. The van der Waals surface area contributed by atoms with E-state index in [-0.39, 0.29) is 11.8 Å². The molecule has 1 N–H and O–H groups in total. The number of nitrogens with one attached hydrogen (secondary N) is 1. The van der Waals surface area contributed by atoms with Crippen LogP contribution in [0.25, 0.3) is 16.2 Å². The van der Waals surface area contributed by atoms with Gasteiger partial charge < -0.3 is 19.7 Å². The van der Waals surface area contributed by atoms with Crippen molar-refractivity contribution in [1.82, 2.24) is 19.5 Å². The predicted molar refractivity (Wildman–Crippen MR) is 122 cm³/mol. The highest BCUT2D eigenvalue weighted by Crippen LogP contribution is 2.29. The average Bonchev–Trinajstić information content (AvgIpc) is 3.29. The first-order valence-corrected chi connectivity index (χ1v) is 11.7. The highest BCUT2D eigenvalue weighted by molar-refractivity contribution is 7.20. The number of carbonyl (C=O) groups excluding carboxylic acids is 1. The Morgan fingerprint density at radius 1 is 1.24 bits per heavy atom. The van der Waals surface area contributed by atoms with Crippen LogP contribution in [-0.4, -0.2) is 57.2 Å². The molecule has 1 aliphatic heterocycles. The van der Waals surface area contributed by atoms with Gasteiger partial charge in [-0.05, 0) is 51.7 Å². The summed E-state index contributed by atoms with van der Waals surface area (Å²) in [7, 11) is 0. The first kappa shape index (κ1) is 24.1. The molecule has 8 nitrogen and oxygen atoms in total. The first-order valence-electron chi connectivity index (χ1n) is 10.9. The van der Waals surface area contributed by atoms with E-state index in [1.54, 1.807) is 21.7 Å². The molecule has 0 radical (unpaired) electrons. The molecule has 1 aromatic carbocycles. The van der Waals surface area contributed by atoms with Crippen LogP contribution in [0.1, 0.15) is 33.6 Å². The van der Waals surface area contributed by atoms with E-state index in [0.29, 0.717) is 40.4 Å². The average molecular weight is 498 g/mol. The van der Waals surface area contributed by atoms with Gasteiger partial charge in [0.15, 0.2) is 0 Å². The van der Waals surface area contributed by atoms with Gasteiger partial charge in [0.25, 0.3) is 0 Å².